The number of nitrogens with two attached hydrogens (primary N) is 1. The summed E-state index contributed by atoms with van der Waals surface area (Å²) in [6, 6.07) is 9.09. The lowest BCUT2D eigenvalue weighted by molar-refractivity contribution is 0.396. The van der Waals surface area contributed by atoms with Crippen molar-refractivity contribution in [2.24, 2.45) is 11.8 Å². The predicted octanol–water partition coefficient (Wildman–Crippen LogP) is 2.81. The molecule has 0 spiro atoms. The maximum absolute atomic E-state index is 5.60. The van der Waals surface area contributed by atoms with Gasteiger partial charge in [0, 0.05) is 6.04 Å². The van der Waals surface area contributed by atoms with E-state index in [0.29, 0.717) is 6.04 Å². The van der Waals surface area contributed by atoms with Crippen molar-refractivity contribution in [3.05, 3.63) is 35.4 Å². The fraction of sp³-hybridized carbons (Fsp3) is 0.571. The van der Waals surface area contributed by atoms with Crippen molar-refractivity contribution in [2.45, 2.75) is 46.1 Å². The molecule has 1 aromatic carbocycles. The van der Waals surface area contributed by atoms with Crippen LogP contribution in [0, 0.1) is 12.8 Å². The summed E-state index contributed by atoms with van der Waals surface area (Å²) in [5.74, 6) is 6.33. The van der Waals surface area contributed by atoms with Crippen molar-refractivity contribution in [3.63, 3.8) is 0 Å². The second kappa shape index (κ2) is 6.66. The third-order valence-electron chi connectivity index (χ3n) is 3.22. The highest BCUT2D eigenvalue weighted by Crippen LogP contribution is 2.14. The van der Waals surface area contributed by atoms with Crippen molar-refractivity contribution in [3.8, 4) is 0 Å². The van der Waals surface area contributed by atoms with Gasteiger partial charge in [-0.2, -0.15) is 0 Å². The summed E-state index contributed by atoms with van der Waals surface area (Å²) in [6.45, 7) is 6.62. The molecule has 0 saturated carbocycles. The molecule has 0 aliphatic carbocycles. The average Bonchev–Trinajstić information content (AvgIpc) is 2.30. The molecule has 0 aliphatic rings. The number of hydrogen-bond donors (Lipinski definition) is 2. The standard InChI is InChI=1S/C14H24N2/c1-4-11(2)9-14(16-15)10-13-7-5-12(3)6-8-13/h5-8,11,14,16H,4,9-10,15H2,1-3H3. The third kappa shape index (κ3) is 4.33. The van der Waals surface area contributed by atoms with Crippen molar-refractivity contribution < 1.29 is 0 Å². The van der Waals surface area contributed by atoms with E-state index in [9.17, 15) is 0 Å². The van der Waals surface area contributed by atoms with E-state index in [2.05, 4.69) is 50.5 Å². The minimum absolute atomic E-state index is 0.387. The second-order valence-corrected chi connectivity index (χ2v) is 4.80. The van der Waals surface area contributed by atoms with Gasteiger partial charge in [0.05, 0.1) is 0 Å². The molecule has 0 bridgehead atoms. The molecule has 90 valence electrons. The van der Waals surface area contributed by atoms with E-state index in [1.807, 2.05) is 0 Å². The lowest BCUT2D eigenvalue weighted by Crippen LogP contribution is -2.37. The number of nitrogens with one attached hydrogen (secondary N) is 1. The Balaban J connectivity index is 2.52. The van der Waals surface area contributed by atoms with Crippen LogP contribution in [0.5, 0.6) is 0 Å². The molecule has 1 rings (SSSR count). The highest BCUT2D eigenvalue weighted by atomic mass is 15.2. The van der Waals surface area contributed by atoms with Gasteiger partial charge in [0.25, 0.3) is 0 Å². The Morgan fingerprint density at radius 2 is 1.88 bits per heavy atom. The van der Waals surface area contributed by atoms with Gasteiger partial charge in [-0.1, -0.05) is 50.1 Å². The van der Waals surface area contributed by atoms with E-state index < -0.39 is 0 Å². The number of rotatable bonds is 6. The summed E-state index contributed by atoms with van der Waals surface area (Å²) >= 11 is 0. The molecule has 2 atom stereocenters. The molecular weight excluding hydrogens is 196 g/mol. The van der Waals surface area contributed by atoms with E-state index in [1.54, 1.807) is 0 Å². The molecule has 3 N–H and O–H groups in total. The molecular formula is C14H24N2. The highest BCUT2D eigenvalue weighted by Gasteiger charge is 2.11. The van der Waals surface area contributed by atoms with Crippen LogP contribution in [0.2, 0.25) is 0 Å². The Morgan fingerprint density at radius 1 is 1.25 bits per heavy atom. The van der Waals surface area contributed by atoms with Gasteiger partial charge in [-0.25, -0.2) is 0 Å². The van der Waals surface area contributed by atoms with Gasteiger partial charge in [0.15, 0.2) is 0 Å². The Bertz CT molecular complexity index is 292. The Labute approximate surface area is 99.2 Å². The van der Waals surface area contributed by atoms with Gasteiger partial charge in [-0.15, -0.1) is 0 Å². The lowest BCUT2D eigenvalue weighted by Gasteiger charge is -2.19. The van der Waals surface area contributed by atoms with E-state index in [4.69, 9.17) is 5.84 Å². The Hall–Kier alpha value is -0.860. The first-order valence-corrected chi connectivity index (χ1v) is 6.17. The van der Waals surface area contributed by atoms with E-state index in [0.717, 1.165) is 18.8 Å². The molecule has 0 radical (unpaired) electrons. The fourth-order valence-corrected chi connectivity index (χ4v) is 1.87. The first-order chi connectivity index (χ1) is 7.65. The quantitative estimate of drug-likeness (QED) is 0.571. The van der Waals surface area contributed by atoms with Crippen LogP contribution in [0.4, 0.5) is 0 Å². The van der Waals surface area contributed by atoms with Gasteiger partial charge in [0.2, 0.25) is 0 Å². The Kier molecular flexibility index (Phi) is 5.50. The van der Waals surface area contributed by atoms with Crippen LogP contribution in [-0.2, 0) is 6.42 Å². The van der Waals surface area contributed by atoms with Crippen LogP contribution >= 0.6 is 0 Å². The maximum atomic E-state index is 5.60. The minimum atomic E-state index is 0.387. The maximum Gasteiger partial charge on any atom is 0.0253 e. The molecule has 0 heterocycles. The van der Waals surface area contributed by atoms with E-state index in [1.165, 1.54) is 17.5 Å². The monoisotopic (exact) mass is 220 g/mol. The zero-order chi connectivity index (χ0) is 12.0. The third-order valence-corrected chi connectivity index (χ3v) is 3.22. The molecule has 1 aromatic rings. The second-order valence-electron chi connectivity index (χ2n) is 4.80. The van der Waals surface area contributed by atoms with Gasteiger partial charge in [-0.3, -0.25) is 11.3 Å². The molecule has 0 aromatic heterocycles. The molecule has 0 aliphatic heterocycles. The fourth-order valence-electron chi connectivity index (χ4n) is 1.87. The predicted molar refractivity (Wildman–Crippen MR) is 70.1 cm³/mol. The summed E-state index contributed by atoms with van der Waals surface area (Å²) in [6.07, 6.45) is 3.37. The summed E-state index contributed by atoms with van der Waals surface area (Å²) < 4.78 is 0. The summed E-state index contributed by atoms with van der Waals surface area (Å²) in [5, 5.41) is 0. The van der Waals surface area contributed by atoms with Crippen LogP contribution in [0.3, 0.4) is 0 Å². The summed E-state index contributed by atoms with van der Waals surface area (Å²) in [5.41, 5.74) is 5.60. The van der Waals surface area contributed by atoms with Crippen LogP contribution in [0.25, 0.3) is 0 Å². The van der Waals surface area contributed by atoms with Crippen molar-refractivity contribution in [1.29, 1.82) is 0 Å². The van der Waals surface area contributed by atoms with Crippen LogP contribution < -0.4 is 11.3 Å². The molecule has 16 heavy (non-hydrogen) atoms. The van der Waals surface area contributed by atoms with Crippen molar-refractivity contribution in [2.75, 3.05) is 0 Å². The lowest BCUT2D eigenvalue weighted by atomic mass is 9.95. The molecule has 0 saturated heterocycles. The first kappa shape index (κ1) is 13.2. The summed E-state index contributed by atoms with van der Waals surface area (Å²) in [4.78, 5) is 0. The molecule has 2 heteroatoms. The van der Waals surface area contributed by atoms with E-state index in [-0.39, 0.29) is 0 Å². The van der Waals surface area contributed by atoms with Gasteiger partial charge in [0.1, 0.15) is 0 Å². The minimum Gasteiger partial charge on any atom is -0.271 e. The molecule has 0 amide bonds. The largest absolute Gasteiger partial charge is 0.271 e. The van der Waals surface area contributed by atoms with Crippen LogP contribution in [-0.4, -0.2) is 6.04 Å². The zero-order valence-electron chi connectivity index (χ0n) is 10.7. The normalized spacial score (nSPS) is 14.8. The van der Waals surface area contributed by atoms with E-state index >= 15 is 0 Å². The van der Waals surface area contributed by atoms with Crippen LogP contribution in [0.1, 0.15) is 37.8 Å². The number of hydrogen-bond acceptors (Lipinski definition) is 2. The van der Waals surface area contributed by atoms with Gasteiger partial charge < -0.3 is 0 Å². The molecule has 2 unspecified atom stereocenters. The first-order valence-electron chi connectivity index (χ1n) is 6.17. The molecule has 2 nitrogen and oxygen atoms in total. The van der Waals surface area contributed by atoms with Crippen molar-refractivity contribution >= 4 is 0 Å². The SMILES string of the molecule is CCC(C)CC(Cc1ccc(C)cc1)NN. The van der Waals surface area contributed by atoms with Crippen LogP contribution in [0.15, 0.2) is 24.3 Å². The van der Waals surface area contributed by atoms with Gasteiger partial charge in [-0.05, 0) is 31.2 Å². The molecule has 0 fully saturated rings. The number of hydrazine groups is 1. The number of benzene rings is 1. The zero-order valence-corrected chi connectivity index (χ0v) is 10.7. The average molecular weight is 220 g/mol. The number of aryl methyl sites for hydroxylation is 1. The highest BCUT2D eigenvalue weighted by molar-refractivity contribution is 5.22. The van der Waals surface area contributed by atoms with Crippen molar-refractivity contribution in [1.82, 2.24) is 5.43 Å². The topological polar surface area (TPSA) is 38.0 Å². The smallest absolute Gasteiger partial charge is 0.0253 e. The Morgan fingerprint density at radius 3 is 2.38 bits per heavy atom. The van der Waals surface area contributed by atoms with Gasteiger partial charge >= 0.3 is 0 Å². The summed E-state index contributed by atoms with van der Waals surface area (Å²) in [7, 11) is 0.